The first-order valence-electron chi connectivity index (χ1n) is 7.76. The van der Waals surface area contributed by atoms with E-state index in [-0.39, 0.29) is 5.92 Å². The Hall–Kier alpha value is -1.55. The highest BCUT2D eigenvalue weighted by Gasteiger charge is 2.23. The minimum atomic E-state index is -0.699. The van der Waals surface area contributed by atoms with Gasteiger partial charge in [0.2, 0.25) is 0 Å². The summed E-state index contributed by atoms with van der Waals surface area (Å²) in [5, 5.41) is 12.4. The third-order valence-electron chi connectivity index (χ3n) is 4.21. The molecule has 0 fully saturated rings. The Bertz CT molecular complexity index is 475. The fraction of sp³-hybridized carbons (Fsp3) is 0.588. The van der Waals surface area contributed by atoms with Crippen LogP contribution in [0.25, 0.3) is 0 Å². The van der Waals surface area contributed by atoms with Crippen LogP contribution >= 0.6 is 0 Å². The van der Waals surface area contributed by atoms with Crippen molar-refractivity contribution in [3.8, 4) is 5.75 Å². The van der Waals surface area contributed by atoms with Gasteiger partial charge in [-0.2, -0.15) is 0 Å². The second-order valence-electron chi connectivity index (χ2n) is 6.03. The maximum Gasteiger partial charge on any atom is 0.306 e. The van der Waals surface area contributed by atoms with Crippen LogP contribution in [-0.2, 0) is 4.79 Å². The molecule has 0 saturated heterocycles. The van der Waals surface area contributed by atoms with Gasteiger partial charge in [-0.05, 0) is 25.8 Å². The van der Waals surface area contributed by atoms with E-state index in [1.54, 1.807) is 6.92 Å². The zero-order valence-corrected chi connectivity index (χ0v) is 12.8. The van der Waals surface area contributed by atoms with E-state index in [0.29, 0.717) is 12.0 Å². The van der Waals surface area contributed by atoms with Gasteiger partial charge >= 0.3 is 5.97 Å². The Kier molecular flexibility index (Phi) is 5.62. The zero-order valence-electron chi connectivity index (χ0n) is 12.8. The summed E-state index contributed by atoms with van der Waals surface area (Å²) in [4.78, 5) is 10.8. The Morgan fingerprint density at radius 2 is 2.14 bits per heavy atom. The number of benzene rings is 1. The number of aliphatic carboxylic acids is 1. The van der Waals surface area contributed by atoms with Gasteiger partial charge in [0, 0.05) is 24.1 Å². The van der Waals surface area contributed by atoms with E-state index in [1.165, 1.54) is 5.56 Å². The number of carboxylic acid groups (broad SMARTS) is 1. The molecule has 4 heteroatoms. The van der Waals surface area contributed by atoms with Crippen LogP contribution in [0.2, 0.25) is 0 Å². The second-order valence-corrected chi connectivity index (χ2v) is 6.03. The first kappa shape index (κ1) is 15.8. The number of nitrogens with one attached hydrogen (secondary N) is 1. The maximum absolute atomic E-state index is 10.8. The van der Waals surface area contributed by atoms with Gasteiger partial charge in [0.15, 0.2) is 0 Å². The molecule has 1 heterocycles. The van der Waals surface area contributed by atoms with Crippen LogP contribution in [0.1, 0.15) is 44.6 Å². The lowest BCUT2D eigenvalue weighted by molar-refractivity contribution is -0.141. The molecule has 1 aromatic carbocycles. The highest BCUT2D eigenvalue weighted by atomic mass is 16.5. The molecule has 3 unspecified atom stereocenters. The van der Waals surface area contributed by atoms with Crippen molar-refractivity contribution in [3.05, 3.63) is 29.8 Å². The molecule has 0 radical (unpaired) electrons. The molecular formula is C17H25NO3. The van der Waals surface area contributed by atoms with Crippen molar-refractivity contribution in [2.24, 2.45) is 5.92 Å². The highest BCUT2D eigenvalue weighted by Crippen LogP contribution is 2.32. The Balaban J connectivity index is 1.68. The molecule has 116 valence electrons. The minimum Gasteiger partial charge on any atom is -0.493 e. The first-order valence-corrected chi connectivity index (χ1v) is 7.76. The summed E-state index contributed by atoms with van der Waals surface area (Å²) >= 11 is 0. The predicted octanol–water partition coefficient (Wildman–Crippen LogP) is 3.03. The topological polar surface area (TPSA) is 58.6 Å². The quantitative estimate of drug-likeness (QED) is 0.773. The van der Waals surface area contributed by atoms with Crippen LogP contribution in [0.4, 0.5) is 0 Å². The summed E-state index contributed by atoms with van der Waals surface area (Å²) in [6.45, 7) is 5.59. The number of hydrogen-bond acceptors (Lipinski definition) is 3. The van der Waals surface area contributed by atoms with Crippen molar-refractivity contribution in [1.82, 2.24) is 5.32 Å². The van der Waals surface area contributed by atoms with Gasteiger partial charge in [-0.1, -0.05) is 31.5 Å². The van der Waals surface area contributed by atoms with E-state index in [2.05, 4.69) is 24.4 Å². The van der Waals surface area contributed by atoms with Gasteiger partial charge in [-0.3, -0.25) is 4.79 Å². The number of para-hydroxylation sites is 1. The standard InChI is InChI=1S/C17H25NO3/c1-12(17(19)20)6-5-7-13(2)18-10-14-11-21-16-9-4-3-8-15(14)16/h3-4,8-9,12-14,18H,5-7,10-11H2,1-2H3,(H,19,20). The molecule has 0 bridgehead atoms. The molecule has 2 N–H and O–H groups in total. The lowest BCUT2D eigenvalue weighted by Crippen LogP contribution is -2.31. The molecule has 1 aliphatic heterocycles. The van der Waals surface area contributed by atoms with E-state index in [9.17, 15) is 4.79 Å². The molecular weight excluding hydrogens is 266 g/mol. The number of carboxylic acids is 1. The lowest BCUT2D eigenvalue weighted by Gasteiger charge is -2.17. The molecule has 3 atom stereocenters. The average molecular weight is 291 g/mol. The number of ether oxygens (including phenoxy) is 1. The summed E-state index contributed by atoms with van der Waals surface area (Å²) in [6.07, 6.45) is 2.70. The first-order chi connectivity index (χ1) is 10.1. The van der Waals surface area contributed by atoms with E-state index in [1.807, 2.05) is 12.1 Å². The van der Waals surface area contributed by atoms with Crippen LogP contribution in [0.5, 0.6) is 5.75 Å². The Labute approximate surface area is 126 Å². The molecule has 0 spiro atoms. The van der Waals surface area contributed by atoms with Crippen LogP contribution < -0.4 is 10.1 Å². The number of rotatable bonds is 8. The van der Waals surface area contributed by atoms with Crippen LogP contribution in [0, 0.1) is 5.92 Å². The molecule has 0 saturated carbocycles. The molecule has 1 aliphatic rings. The van der Waals surface area contributed by atoms with E-state index in [0.717, 1.165) is 38.2 Å². The molecule has 4 nitrogen and oxygen atoms in total. The van der Waals surface area contributed by atoms with Crippen molar-refractivity contribution in [2.75, 3.05) is 13.2 Å². The summed E-state index contributed by atoms with van der Waals surface area (Å²) in [6, 6.07) is 8.61. The fourth-order valence-electron chi connectivity index (χ4n) is 2.70. The SMILES string of the molecule is CC(CCCC(C)C(=O)O)NCC1COc2ccccc21. The van der Waals surface area contributed by atoms with E-state index in [4.69, 9.17) is 9.84 Å². The van der Waals surface area contributed by atoms with Crippen LogP contribution in [0.3, 0.4) is 0 Å². The largest absolute Gasteiger partial charge is 0.493 e. The van der Waals surface area contributed by atoms with E-state index >= 15 is 0 Å². The fourth-order valence-corrected chi connectivity index (χ4v) is 2.70. The van der Waals surface area contributed by atoms with Crippen molar-refractivity contribution >= 4 is 5.97 Å². The summed E-state index contributed by atoms with van der Waals surface area (Å²) in [7, 11) is 0. The zero-order chi connectivity index (χ0) is 15.2. The van der Waals surface area contributed by atoms with Crippen molar-refractivity contribution in [1.29, 1.82) is 0 Å². The molecule has 1 aromatic rings. The summed E-state index contributed by atoms with van der Waals surface area (Å²) in [5.74, 6) is 0.483. The third kappa shape index (κ3) is 4.46. The van der Waals surface area contributed by atoms with Crippen molar-refractivity contribution in [2.45, 2.75) is 45.1 Å². The van der Waals surface area contributed by atoms with Crippen LogP contribution in [-0.4, -0.2) is 30.3 Å². The Morgan fingerprint density at radius 1 is 1.38 bits per heavy atom. The van der Waals surface area contributed by atoms with Gasteiger partial charge in [-0.25, -0.2) is 0 Å². The minimum absolute atomic E-state index is 0.243. The van der Waals surface area contributed by atoms with Gasteiger partial charge < -0.3 is 15.2 Å². The average Bonchev–Trinajstić information content (AvgIpc) is 2.88. The van der Waals surface area contributed by atoms with Gasteiger partial charge in [-0.15, -0.1) is 0 Å². The van der Waals surface area contributed by atoms with Crippen molar-refractivity contribution < 1.29 is 14.6 Å². The molecule has 21 heavy (non-hydrogen) atoms. The smallest absolute Gasteiger partial charge is 0.306 e. The number of hydrogen-bond donors (Lipinski definition) is 2. The molecule has 0 aliphatic carbocycles. The highest BCUT2D eigenvalue weighted by molar-refractivity contribution is 5.69. The summed E-state index contributed by atoms with van der Waals surface area (Å²) in [5.41, 5.74) is 1.29. The second kappa shape index (κ2) is 7.46. The van der Waals surface area contributed by atoms with Gasteiger partial charge in [0.05, 0.1) is 12.5 Å². The normalized spacial score (nSPS) is 19.6. The predicted molar refractivity (Wildman–Crippen MR) is 82.8 cm³/mol. The monoisotopic (exact) mass is 291 g/mol. The van der Waals surface area contributed by atoms with Crippen LogP contribution in [0.15, 0.2) is 24.3 Å². The molecule has 2 rings (SSSR count). The van der Waals surface area contributed by atoms with Gasteiger partial charge in [0.25, 0.3) is 0 Å². The lowest BCUT2D eigenvalue weighted by atomic mass is 9.99. The number of carbonyl (C=O) groups is 1. The van der Waals surface area contributed by atoms with Gasteiger partial charge in [0.1, 0.15) is 5.75 Å². The third-order valence-corrected chi connectivity index (χ3v) is 4.21. The molecule has 0 aromatic heterocycles. The van der Waals surface area contributed by atoms with Crippen molar-refractivity contribution in [3.63, 3.8) is 0 Å². The number of fused-ring (bicyclic) bond motifs is 1. The molecule has 0 amide bonds. The Morgan fingerprint density at radius 3 is 2.90 bits per heavy atom. The summed E-state index contributed by atoms with van der Waals surface area (Å²) < 4.78 is 5.68. The maximum atomic E-state index is 10.8. The van der Waals surface area contributed by atoms with E-state index < -0.39 is 5.97 Å².